The number of carbonyl (C=O) groups excluding carboxylic acids is 2. The van der Waals surface area contributed by atoms with Gasteiger partial charge < -0.3 is 10.1 Å². The molecule has 4 rings (SSSR count). The van der Waals surface area contributed by atoms with Crippen molar-refractivity contribution in [2.45, 2.75) is 26.3 Å². The van der Waals surface area contributed by atoms with Gasteiger partial charge >= 0.3 is 0 Å². The summed E-state index contributed by atoms with van der Waals surface area (Å²) in [5, 5.41) is 10.0. The summed E-state index contributed by atoms with van der Waals surface area (Å²) in [5.74, 6) is 0.365. The molecule has 0 aliphatic carbocycles. The Morgan fingerprint density at radius 1 is 1.30 bits per heavy atom. The summed E-state index contributed by atoms with van der Waals surface area (Å²) in [6.45, 7) is 3.76. The minimum Gasteiger partial charge on any atom is -0.482 e. The summed E-state index contributed by atoms with van der Waals surface area (Å²) in [5.41, 5.74) is 3.65. The maximum atomic E-state index is 12.3. The number of hydrogen-bond donors (Lipinski definition) is 2. The van der Waals surface area contributed by atoms with Crippen molar-refractivity contribution in [1.29, 1.82) is 0 Å². The number of amides is 2. The third-order valence-corrected chi connectivity index (χ3v) is 5.15. The maximum absolute atomic E-state index is 12.3. The molecule has 0 unspecified atom stereocenters. The number of nitrogens with one attached hydrogen (secondary N) is 2. The zero-order valence-electron chi connectivity index (χ0n) is 16.5. The Hall–Kier alpha value is -3.39. The SMILES string of the molecule is Cc1ccc(NC(=O)COc2ccc([C@@H]3CC(=O)Nc4ncnn43)cc2Cl)c(C)c1. The quantitative estimate of drug-likeness (QED) is 0.652. The predicted molar refractivity (Wildman–Crippen MR) is 113 cm³/mol. The van der Waals surface area contributed by atoms with Gasteiger partial charge in [-0.2, -0.15) is 10.1 Å². The van der Waals surface area contributed by atoms with Crippen LogP contribution in [0.2, 0.25) is 5.02 Å². The average molecular weight is 426 g/mol. The second kappa shape index (κ2) is 8.16. The number of halogens is 1. The average Bonchev–Trinajstić information content (AvgIpc) is 3.17. The summed E-state index contributed by atoms with van der Waals surface area (Å²) in [7, 11) is 0. The molecule has 3 aromatic rings. The molecule has 2 aromatic carbocycles. The Bertz CT molecular complexity index is 1130. The van der Waals surface area contributed by atoms with Crippen LogP contribution in [0.15, 0.2) is 42.7 Å². The van der Waals surface area contributed by atoms with Crippen LogP contribution in [0.3, 0.4) is 0 Å². The smallest absolute Gasteiger partial charge is 0.262 e. The normalized spacial score (nSPS) is 15.3. The zero-order chi connectivity index (χ0) is 21.3. The molecule has 0 saturated carbocycles. The molecule has 1 atom stereocenters. The number of aryl methyl sites for hydroxylation is 2. The number of benzene rings is 2. The highest BCUT2D eigenvalue weighted by molar-refractivity contribution is 6.32. The number of carbonyl (C=O) groups is 2. The molecule has 0 bridgehead atoms. The molecule has 0 fully saturated rings. The van der Waals surface area contributed by atoms with Gasteiger partial charge in [-0.1, -0.05) is 35.4 Å². The van der Waals surface area contributed by atoms with E-state index in [1.54, 1.807) is 22.9 Å². The van der Waals surface area contributed by atoms with Crippen molar-refractivity contribution in [3.05, 3.63) is 64.4 Å². The summed E-state index contributed by atoms with van der Waals surface area (Å²) in [6.07, 6.45) is 1.62. The van der Waals surface area contributed by atoms with E-state index < -0.39 is 0 Å². The molecular weight excluding hydrogens is 406 g/mol. The third-order valence-electron chi connectivity index (χ3n) is 4.85. The first kappa shape index (κ1) is 19.9. The van der Waals surface area contributed by atoms with E-state index in [0.717, 1.165) is 22.4 Å². The Labute approximate surface area is 178 Å². The molecule has 0 radical (unpaired) electrons. The van der Waals surface area contributed by atoms with Crippen LogP contribution < -0.4 is 15.4 Å². The minimum absolute atomic E-state index is 0.139. The Balaban J connectivity index is 1.43. The monoisotopic (exact) mass is 425 g/mol. The topological polar surface area (TPSA) is 98.1 Å². The fourth-order valence-corrected chi connectivity index (χ4v) is 3.63. The number of fused-ring (bicyclic) bond motifs is 1. The molecule has 2 heterocycles. The number of hydrogen-bond acceptors (Lipinski definition) is 5. The molecular formula is C21H20ClN5O3. The lowest BCUT2D eigenvalue weighted by molar-refractivity contribution is -0.118. The molecule has 30 heavy (non-hydrogen) atoms. The van der Waals surface area contributed by atoms with Crippen LogP contribution in [-0.2, 0) is 9.59 Å². The molecule has 1 aliphatic rings. The van der Waals surface area contributed by atoms with E-state index in [2.05, 4.69) is 20.7 Å². The zero-order valence-corrected chi connectivity index (χ0v) is 17.2. The van der Waals surface area contributed by atoms with E-state index in [-0.39, 0.29) is 30.9 Å². The fraction of sp³-hybridized carbons (Fsp3) is 0.238. The van der Waals surface area contributed by atoms with Gasteiger partial charge in [-0.3, -0.25) is 14.9 Å². The van der Waals surface area contributed by atoms with Crippen molar-refractivity contribution in [3.8, 4) is 5.75 Å². The van der Waals surface area contributed by atoms with Crippen LogP contribution in [0.5, 0.6) is 5.75 Å². The number of rotatable bonds is 5. The lowest BCUT2D eigenvalue weighted by atomic mass is 10.0. The third kappa shape index (κ3) is 4.13. The highest BCUT2D eigenvalue weighted by Gasteiger charge is 2.28. The van der Waals surface area contributed by atoms with Gasteiger partial charge in [-0.05, 0) is 43.2 Å². The first-order valence-corrected chi connectivity index (χ1v) is 9.77. The van der Waals surface area contributed by atoms with Crippen LogP contribution in [0.4, 0.5) is 11.6 Å². The molecule has 154 valence electrons. The standard InChI is InChI=1S/C21H20ClN5O3/c1-12-3-5-16(13(2)7-12)25-20(29)10-30-18-6-4-14(8-15(18)22)17-9-19(28)26-21-23-11-24-27(17)21/h3-8,11,17H,9-10H2,1-2H3,(H,25,29)(H,23,24,26,28)/t17-/m0/s1. The summed E-state index contributed by atoms with van der Waals surface area (Å²) < 4.78 is 7.24. The van der Waals surface area contributed by atoms with E-state index in [4.69, 9.17) is 16.3 Å². The van der Waals surface area contributed by atoms with Gasteiger partial charge in [0.25, 0.3) is 5.91 Å². The van der Waals surface area contributed by atoms with Gasteiger partial charge in [0.05, 0.1) is 17.5 Å². The molecule has 1 aromatic heterocycles. The van der Waals surface area contributed by atoms with E-state index in [0.29, 0.717) is 16.7 Å². The van der Waals surface area contributed by atoms with Crippen molar-refractivity contribution in [2.75, 3.05) is 17.2 Å². The molecule has 0 saturated heterocycles. The van der Waals surface area contributed by atoms with E-state index in [1.807, 2.05) is 32.0 Å². The van der Waals surface area contributed by atoms with Crippen molar-refractivity contribution in [2.24, 2.45) is 0 Å². The largest absolute Gasteiger partial charge is 0.482 e. The van der Waals surface area contributed by atoms with Gasteiger partial charge in [0.1, 0.15) is 12.1 Å². The molecule has 0 spiro atoms. The van der Waals surface area contributed by atoms with Crippen LogP contribution in [0, 0.1) is 13.8 Å². The van der Waals surface area contributed by atoms with E-state index >= 15 is 0 Å². The fourth-order valence-electron chi connectivity index (χ4n) is 3.39. The van der Waals surface area contributed by atoms with Gasteiger partial charge in [0, 0.05) is 5.69 Å². The summed E-state index contributed by atoms with van der Waals surface area (Å²) in [4.78, 5) is 28.2. The first-order valence-electron chi connectivity index (χ1n) is 9.39. The van der Waals surface area contributed by atoms with Crippen molar-refractivity contribution in [3.63, 3.8) is 0 Å². The number of aromatic nitrogens is 3. The lowest BCUT2D eigenvalue weighted by Crippen LogP contribution is -2.29. The molecule has 8 nitrogen and oxygen atoms in total. The Kier molecular flexibility index (Phi) is 5.41. The number of anilines is 2. The highest BCUT2D eigenvalue weighted by atomic mass is 35.5. The summed E-state index contributed by atoms with van der Waals surface area (Å²) in [6, 6.07) is 10.7. The Morgan fingerprint density at radius 3 is 2.90 bits per heavy atom. The van der Waals surface area contributed by atoms with Crippen molar-refractivity contribution >= 4 is 35.1 Å². The second-order valence-corrected chi connectivity index (χ2v) is 7.55. The molecule has 9 heteroatoms. The number of ether oxygens (including phenoxy) is 1. The second-order valence-electron chi connectivity index (χ2n) is 7.14. The van der Waals surface area contributed by atoms with Crippen LogP contribution in [-0.4, -0.2) is 33.2 Å². The van der Waals surface area contributed by atoms with E-state index in [9.17, 15) is 9.59 Å². The van der Waals surface area contributed by atoms with Gasteiger partial charge in [-0.25, -0.2) is 4.68 Å². The molecule has 2 N–H and O–H groups in total. The predicted octanol–water partition coefficient (Wildman–Crippen LogP) is 3.50. The first-order chi connectivity index (χ1) is 14.4. The number of nitrogens with zero attached hydrogens (tertiary/aromatic N) is 3. The molecule has 1 aliphatic heterocycles. The lowest BCUT2D eigenvalue weighted by Gasteiger charge is -2.24. The minimum atomic E-state index is -0.310. The van der Waals surface area contributed by atoms with Crippen LogP contribution >= 0.6 is 11.6 Å². The van der Waals surface area contributed by atoms with E-state index in [1.165, 1.54) is 6.33 Å². The van der Waals surface area contributed by atoms with Crippen molar-refractivity contribution in [1.82, 2.24) is 14.8 Å². The van der Waals surface area contributed by atoms with Crippen LogP contribution in [0.1, 0.15) is 29.2 Å². The van der Waals surface area contributed by atoms with Gasteiger partial charge in [-0.15, -0.1) is 0 Å². The van der Waals surface area contributed by atoms with Gasteiger partial charge in [0.15, 0.2) is 6.61 Å². The maximum Gasteiger partial charge on any atom is 0.262 e. The highest BCUT2D eigenvalue weighted by Crippen LogP contribution is 2.33. The van der Waals surface area contributed by atoms with Crippen molar-refractivity contribution < 1.29 is 14.3 Å². The van der Waals surface area contributed by atoms with Crippen LogP contribution in [0.25, 0.3) is 0 Å². The van der Waals surface area contributed by atoms with Gasteiger partial charge in [0.2, 0.25) is 11.9 Å². The Morgan fingerprint density at radius 2 is 2.13 bits per heavy atom. The summed E-state index contributed by atoms with van der Waals surface area (Å²) >= 11 is 6.37. The molecule has 2 amide bonds.